The molecule has 3 heterocycles. The predicted octanol–water partition coefficient (Wildman–Crippen LogP) is 1.80. The van der Waals surface area contributed by atoms with Gasteiger partial charge in [0.2, 0.25) is 5.91 Å². The number of benzene rings is 1. The summed E-state index contributed by atoms with van der Waals surface area (Å²) in [6, 6.07) is 13.5. The Morgan fingerprint density at radius 1 is 1.04 bits per heavy atom. The number of anilines is 1. The van der Waals surface area contributed by atoms with Crippen LogP contribution in [0.2, 0.25) is 0 Å². The molecule has 134 valence electrons. The van der Waals surface area contributed by atoms with E-state index >= 15 is 0 Å². The number of carbonyl (C=O) groups excluding carboxylic acids is 1. The molecule has 1 saturated heterocycles. The molecule has 2 aromatic heterocycles. The topological polar surface area (TPSA) is 66.9 Å². The SMILES string of the molecule is Nc1ccc(CC(=O)N2CCN(Cc3cn4ccccc4n3)CC2)cc1. The first-order valence-electron chi connectivity index (χ1n) is 8.94. The first-order chi connectivity index (χ1) is 12.7. The van der Waals surface area contributed by atoms with Gasteiger partial charge in [-0.3, -0.25) is 9.69 Å². The third-order valence-corrected chi connectivity index (χ3v) is 4.86. The summed E-state index contributed by atoms with van der Waals surface area (Å²) in [6.07, 6.45) is 4.53. The predicted molar refractivity (Wildman–Crippen MR) is 102 cm³/mol. The Hall–Kier alpha value is -2.86. The molecular formula is C20H23N5O. The van der Waals surface area contributed by atoms with Crippen molar-refractivity contribution >= 4 is 17.2 Å². The molecule has 0 saturated carbocycles. The maximum Gasteiger partial charge on any atom is 0.227 e. The number of fused-ring (bicyclic) bond motifs is 1. The van der Waals surface area contributed by atoms with E-state index in [4.69, 9.17) is 5.73 Å². The van der Waals surface area contributed by atoms with Gasteiger partial charge < -0.3 is 15.0 Å². The number of imidazole rings is 1. The van der Waals surface area contributed by atoms with Gasteiger partial charge in [-0.05, 0) is 29.8 Å². The highest BCUT2D eigenvalue weighted by Crippen LogP contribution is 2.12. The van der Waals surface area contributed by atoms with E-state index in [1.165, 1.54) is 0 Å². The summed E-state index contributed by atoms with van der Waals surface area (Å²) >= 11 is 0. The van der Waals surface area contributed by atoms with Crippen LogP contribution in [0.1, 0.15) is 11.3 Å². The van der Waals surface area contributed by atoms with E-state index in [1.54, 1.807) is 0 Å². The maximum atomic E-state index is 12.5. The number of hydrogen-bond donors (Lipinski definition) is 1. The molecule has 4 rings (SSSR count). The lowest BCUT2D eigenvalue weighted by Crippen LogP contribution is -2.48. The molecule has 0 radical (unpaired) electrons. The number of pyridine rings is 1. The lowest BCUT2D eigenvalue weighted by molar-refractivity contribution is -0.132. The molecule has 0 bridgehead atoms. The van der Waals surface area contributed by atoms with Crippen molar-refractivity contribution in [3.05, 3.63) is 66.1 Å². The minimum absolute atomic E-state index is 0.183. The Morgan fingerprint density at radius 2 is 1.81 bits per heavy atom. The first-order valence-corrected chi connectivity index (χ1v) is 8.94. The lowest BCUT2D eigenvalue weighted by atomic mass is 10.1. The van der Waals surface area contributed by atoms with Gasteiger partial charge in [0, 0.05) is 50.8 Å². The fourth-order valence-corrected chi connectivity index (χ4v) is 3.37. The molecule has 0 aliphatic carbocycles. The van der Waals surface area contributed by atoms with Gasteiger partial charge in [0.05, 0.1) is 12.1 Å². The Bertz CT molecular complexity index is 861. The molecule has 1 amide bonds. The van der Waals surface area contributed by atoms with Crippen molar-refractivity contribution in [3.8, 4) is 0 Å². The first kappa shape index (κ1) is 16.6. The van der Waals surface area contributed by atoms with Crippen LogP contribution in [-0.4, -0.2) is 51.3 Å². The standard InChI is InChI=1S/C20H23N5O/c21-17-6-4-16(5-7-17)13-20(26)24-11-9-23(10-12-24)14-18-15-25-8-2-1-3-19(25)22-18/h1-8,15H,9-14,21H2. The van der Waals surface area contributed by atoms with Gasteiger partial charge in [-0.1, -0.05) is 18.2 Å². The van der Waals surface area contributed by atoms with Crippen LogP contribution in [0, 0.1) is 0 Å². The largest absolute Gasteiger partial charge is 0.399 e. The zero-order valence-electron chi connectivity index (χ0n) is 14.7. The van der Waals surface area contributed by atoms with E-state index in [-0.39, 0.29) is 5.91 Å². The molecule has 2 N–H and O–H groups in total. The zero-order chi connectivity index (χ0) is 17.9. The van der Waals surface area contributed by atoms with Crippen molar-refractivity contribution in [3.63, 3.8) is 0 Å². The number of piperazine rings is 1. The normalized spacial score (nSPS) is 15.5. The molecule has 6 nitrogen and oxygen atoms in total. The van der Waals surface area contributed by atoms with E-state index in [2.05, 4.69) is 16.1 Å². The number of rotatable bonds is 4. The van der Waals surface area contributed by atoms with Crippen LogP contribution < -0.4 is 5.73 Å². The van der Waals surface area contributed by atoms with Crippen LogP contribution in [-0.2, 0) is 17.8 Å². The second-order valence-electron chi connectivity index (χ2n) is 6.77. The average molecular weight is 349 g/mol. The van der Waals surface area contributed by atoms with Gasteiger partial charge in [-0.25, -0.2) is 4.98 Å². The number of hydrogen-bond acceptors (Lipinski definition) is 4. The summed E-state index contributed by atoms with van der Waals surface area (Å²) in [6.45, 7) is 4.10. The molecular weight excluding hydrogens is 326 g/mol. The fraction of sp³-hybridized carbons (Fsp3) is 0.300. The minimum atomic E-state index is 0.183. The second kappa shape index (κ2) is 7.17. The summed E-state index contributed by atoms with van der Waals surface area (Å²) in [7, 11) is 0. The van der Waals surface area contributed by atoms with Crippen LogP contribution in [0.4, 0.5) is 5.69 Å². The highest BCUT2D eigenvalue weighted by Gasteiger charge is 2.21. The van der Waals surface area contributed by atoms with Crippen molar-refractivity contribution in [2.45, 2.75) is 13.0 Å². The van der Waals surface area contributed by atoms with Crippen molar-refractivity contribution in [2.75, 3.05) is 31.9 Å². The molecule has 3 aromatic rings. The van der Waals surface area contributed by atoms with E-state index in [1.807, 2.05) is 58.0 Å². The quantitative estimate of drug-likeness (QED) is 0.730. The molecule has 1 aliphatic rings. The summed E-state index contributed by atoms with van der Waals surface area (Å²) in [5.41, 5.74) is 9.47. The van der Waals surface area contributed by atoms with Gasteiger partial charge >= 0.3 is 0 Å². The Morgan fingerprint density at radius 3 is 2.54 bits per heavy atom. The maximum absolute atomic E-state index is 12.5. The van der Waals surface area contributed by atoms with Gasteiger partial charge in [0.25, 0.3) is 0 Å². The number of aromatic nitrogens is 2. The highest BCUT2D eigenvalue weighted by atomic mass is 16.2. The van der Waals surface area contributed by atoms with Crippen molar-refractivity contribution in [1.82, 2.24) is 19.2 Å². The molecule has 0 spiro atoms. The number of amides is 1. The Labute approximate surface area is 152 Å². The summed E-state index contributed by atoms with van der Waals surface area (Å²) in [4.78, 5) is 21.5. The van der Waals surface area contributed by atoms with E-state index in [9.17, 15) is 4.79 Å². The molecule has 1 aromatic carbocycles. The monoisotopic (exact) mass is 349 g/mol. The van der Waals surface area contributed by atoms with Crippen LogP contribution in [0.5, 0.6) is 0 Å². The zero-order valence-corrected chi connectivity index (χ0v) is 14.7. The van der Waals surface area contributed by atoms with Crippen LogP contribution in [0.15, 0.2) is 54.9 Å². The molecule has 26 heavy (non-hydrogen) atoms. The van der Waals surface area contributed by atoms with Gasteiger partial charge in [-0.2, -0.15) is 0 Å². The third-order valence-electron chi connectivity index (χ3n) is 4.86. The van der Waals surface area contributed by atoms with Gasteiger partial charge in [0.15, 0.2) is 0 Å². The molecule has 1 fully saturated rings. The van der Waals surface area contributed by atoms with Crippen LogP contribution >= 0.6 is 0 Å². The smallest absolute Gasteiger partial charge is 0.227 e. The van der Waals surface area contributed by atoms with Gasteiger partial charge in [0.1, 0.15) is 5.65 Å². The summed E-state index contributed by atoms with van der Waals surface area (Å²) < 4.78 is 2.04. The van der Waals surface area contributed by atoms with E-state index in [0.29, 0.717) is 6.42 Å². The number of nitrogens with zero attached hydrogens (tertiary/aromatic N) is 4. The van der Waals surface area contributed by atoms with Crippen LogP contribution in [0.3, 0.4) is 0 Å². The van der Waals surface area contributed by atoms with E-state index in [0.717, 1.165) is 55.3 Å². The number of carbonyl (C=O) groups is 1. The second-order valence-corrected chi connectivity index (χ2v) is 6.77. The number of nitrogen functional groups attached to an aromatic ring is 1. The summed E-state index contributed by atoms with van der Waals surface area (Å²) in [5.74, 6) is 0.183. The van der Waals surface area contributed by atoms with Crippen LogP contribution in [0.25, 0.3) is 5.65 Å². The number of nitrogens with two attached hydrogens (primary N) is 1. The third kappa shape index (κ3) is 3.70. The molecule has 0 unspecified atom stereocenters. The van der Waals surface area contributed by atoms with Crippen molar-refractivity contribution in [1.29, 1.82) is 0 Å². The summed E-state index contributed by atoms with van der Waals surface area (Å²) in [5, 5.41) is 0. The van der Waals surface area contributed by atoms with Crippen molar-refractivity contribution in [2.24, 2.45) is 0 Å². The Kier molecular flexibility index (Phi) is 4.58. The fourth-order valence-electron chi connectivity index (χ4n) is 3.37. The Balaban J connectivity index is 1.30. The molecule has 6 heteroatoms. The average Bonchev–Trinajstić information content (AvgIpc) is 3.06. The van der Waals surface area contributed by atoms with Crippen molar-refractivity contribution < 1.29 is 4.79 Å². The molecule has 0 atom stereocenters. The minimum Gasteiger partial charge on any atom is -0.399 e. The molecule has 1 aliphatic heterocycles. The van der Waals surface area contributed by atoms with Gasteiger partial charge in [-0.15, -0.1) is 0 Å². The highest BCUT2D eigenvalue weighted by molar-refractivity contribution is 5.79. The lowest BCUT2D eigenvalue weighted by Gasteiger charge is -2.34. The van der Waals surface area contributed by atoms with E-state index < -0.39 is 0 Å².